The van der Waals surface area contributed by atoms with Crippen molar-refractivity contribution in [1.29, 1.82) is 0 Å². The largest absolute Gasteiger partial charge is 0.379 e. The van der Waals surface area contributed by atoms with E-state index in [-0.39, 0.29) is 30.1 Å². The summed E-state index contributed by atoms with van der Waals surface area (Å²) in [5, 5.41) is 3.50. The number of morpholine rings is 1. The predicted molar refractivity (Wildman–Crippen MR) is 141 cm³/mol. The van der Waals surface area contributed by atoms with Gasteiger partial charge in [0.1, 0.15) is 0 Å². The zero-order chi connectivity index (χ0) is 21.3. The van der Waals surface area contributed by atoms with Crippen LogP contribution in [0.2, 0.25) is 0 Å². The van der Waals surface area contributed by atoms with Crippen LogP contribution in [0.5, 0.6) is 0 Å². The average Bonchev–Trinajstić information content (AvgIpc) is 3.27. The third kappa shape index (κ3) is 7.30. The maximum Gasteiger partial charge on any atom is 0.193 e. The summed E-state index contributed by atoms with van der Waals surface area (Å²) < 4.78 is 11.7. The molecular formula is C25H41IN4O2. The Hall–Kier alpha value is -0.900. The molecule has 7 heteroatoms. The predicted octanol–water partition coefficient (Wildman–Crippen LogP) is 3.71. The Morgan fingerprint density at radius 2 is 2.03 bits per heavy atom. The molecule has 2 unspecified atom stereocenters. The van der Waals surface area contributed by atoms with Gasteiger partial charge in [-0.2, -0.15) is 0 Å². The van der Waals surface area contributed by atoms with Gasteiger partial charge in [0.05, 0.1) is 19.3 Å². The number of nitrogens with zero attached hydrogens (tertiary/aromatic N) is 3. The lowest BCUT2D eigenvalue weighted by Gasteiger charge is -2.29. The second kappa shape index (κ2) is 13.7. The molecule has 1 aliphatic carbocycles. The minimum Gasteiger partial charge on any atom is -0.379 e. The van der Waals surface area contributed by atoms with Gasteiger partial charge in [-0.3, -0.25) is 9.89 Å². The summed E-state index contributed by atoms with van der Waals surface area (Å²) >= 11 is 0. The number of fused-ring (bicyclic) bond motifs is 1. The highest BCUT2D eigenvalue weighted by molar-refractivity contribution is 14.0. The molecule has 1 aromatic rings. The van der Waals surface area contributed by atoms with Crippen LogP contribution in [0.1, 0.15) is 49.8 Å². The van der Waals surface area contributed by atoms with Crippen LogP contribution in [0.3, 0.4) is 0 Å². The normalized spacial score (nSPS) is 24.2. The average molecular weight is 557 g/mol. The lowest BCUT2D eigenvalue weighted by molar-refractivity contribution is 0.0315. The number of halogens is 1. The standard InChI is InChI=1S/C25H40N4O2.HI/c1-2-26-25(29-13-11-21(20-29)19-28-14-17-30-18-15-28)27-12-6-16-31-24-10-5-8-22-7-3-4-9-23(22)24;/h3-4,7,9,21,24H,2,5-6,8,10-20H2,1H3,(H,26,27);1H. The first kappa shape index (κ1) is 25.7. The van der Waals surface area contributed by atoms with E-state index in [1.165, 1.54) is 36.9 Å². The molecule has 0 aromatic heterocycles. The molecule has 180 valence electrons. The van der Waals surface area contributed by atoms with Crippen LogP contribution < -0.4 is 5.32 Å². The molecule has 2 fully saturated rings. The molecule has 32 heavy (non-hydrogen) atoms. The molecule has 0 bridgehead atoms. The lowest BCUT2D eigenvalue weighted by atomic mass is 9.89. The van der Waals surface area contributed by atoms with Crippen LogP contribution in [0, 0.1) is 5.92 Å². The van der Waals surface area contributed by atoms with E-state index in [1.807, 2.05) is 0 Å². The van der Waals surface area contributed by atoms with Crippen molar-refractivity contribution in [3.8, 4) is 0 Å². The van der Waals surface area contributed by atoms with Crippen molar-refractivity contribution in [1.82, 2.24) is 15.1 Å². The number of rotatable bonds is 8. The van der Waals surface area contributed by atoms with Crippen molar-refractivity contribution < 1.29 is 9.47 Å². The molecular weight excluding hydrogens is 515 g/mol. The van der Waals surface area contributed by atoms with Gasteiger partial charge in [-0.05, 0) is 56.1 Å². The molecule has 1 aromatic carbocycles. The molecule has 0 amide bonds. The molecule has 2 saturated heterocycles. The van der Waals surface area contributed by atoms with Gasteiger partial charge in [0.25, 0.3) is 0 Å². The van der Waals surface area contributed by atoms with Crippen molar-refractivity contribution in [3.05, 3.63) is 35.4 Å². The Labute approximate surface area is 211 Å². The first-order valence-corrected chi connectivity index (χ1v) is 12.4. The number of aryl methyl sites for hydroxylation is 1. The van der Waals surface area contributed by atoms with Gasteiger partial charge < -0.3 is 19.7 Å². The monoisotopic (exact) mass is 556 g/mol. The zero-order valence-electron chi connectivity index (χ0n) is 19.6. The summed E-state index contributed by atoms with van der Waals surface area (Å²) in [6.07, 6.45) is 6.05. The Bertz CT molecular complexity index is 711. The van der Waals surface area contributed by atoms with Gasteiger partial charge in [0, 0.05) is 52.4 Å². The van der Waals surface area contributed by atoms with E-state index in [2.05, 4.69) is 46.3 Å². The first-order chi connectivity index (χ1) is 15.3. The molecule has 2 aliphatic heterocycles. The molecule has 2 heterocycles. The van der Waals surface area contributed by atoms with Gasteiger partial charge in [-0.15, -0.1) is 24.0 Å². The van der Waals surface area contributed by atoms with Crippen LogP contribution in [0.15, 0.2) is 29.3 Å². The van der Waals surface area contributed by atoms with Crippen molar-refractivity contribution in [3.63, 3.8) is 0 Å². The Morgan fingerprint density at radius 1 is 1.19 bits per heavy atom. The van der Waals surface area contributed by atoms with Crippen molar-refractivity contribution >= 4 is 29.9 Å². The van der Waals surface area contributed by atoms with Crippen LogP contribution in [-0.4, -0.2) is 81.4 Å². The van der Waals surface area contributed by atoms with E-state index in [1.54, 1.807) is 0 Å². The topological polar surface area (TPSA) is 49.3 Å². The zero-order valence-corrected chi connectivity index (χ0v) is 22.0. The summed E-state index contributed by atoms with van der Waals surface area (Å²) in [5.74, 6) is 1.81. The number of hydrogen-bond acceptors (Lipinski definition) is 4. The molecule has 4 rings (SSSR count). The highest BCUT2D eigenvalue weighted by Crippen LogP contribution is 2.32. The maximum atomic E-state index is 6.26. The molecule has 0 saturated carbocycles. The van der Waals surface area contributed by atoms with Crippen LogP contribution in [-0.2, 0) is 15.9 Å². The van der Waals surface area contributed by atoms with Crippen LogP contribution in [0.25, 0.3) is 0 Å². The van der Waals surface area contributed by atoms with E-state index in [9.17, 15) is 0 Å². The van der Waals surface area contributed by atoms with Crippen LogP contribution >= 0.6 is 24.0 Å². The van der Waals surface area contributed by atoms with Gasteiger partial charge in [0.2, 0.25) is 0 Å². The summed E-state index contributed by atoms with van der Waals surface area (Å²) in [7, 11) is 0. The Balaban J connectivity index is 0.00000289. The third-order valence-electron chi connectivity index (χ3n) is 6.74. The fraction of sp³-hybridized carbons (Fsp3) is 0.720. The minimum atomic E-state index is 0. The van der Waals surface area contributed by atoms with Gasteiger partial charge >= 0.3 is 0 Å². The second-order valence-corrected chi connectivity index (χ2v) is 9.05. The fourth-order valence-electron chi connectivity index (χ4n) is 5.11. The summed E-state index contributed by atoms with van der Waals surface area (Å²) in [5.41, 5.74) is 2.86. The maximum absolute atomic E-state index is 6.26. The van der Waals surface area contributed by atoms with Crippen molar-refractivity contribution in [2.24, 2.45) is 10.9 Å². The number of hydrogen-bond donors (Lipinski definition) is 1. The van der Waals surface area contributed by atoms with E-state index in [0.717, 1.165) is 83.8 Å². The number of ether oxygens (including phenoxy) is 2. The summed E-state index contributed by atoms with van der Waals surface area (Å²) in [4.78, 5) is 9.93. The molecule has 2 atom stereocenters. The van der Waals surface area contributed by atoms with Gasteiger partial charge in [-0.1, -0.05) is 24.3 Å². The Morgan fingerprint density at radius 3 is 2.88 bits per heavy atom. The van der Waals surface area contributed by atoms with Crippen molar-refractivity contribution in [2.45, 2.75) is 45.1 Å². The lowest BCUT2D eigenvalue weighted by Crippen LogP contribution is -2.42. The van der Waals surface area contributed by atoms with E-state index in [4.69, 9.17) is 14.5 Å². The summed E-state index contributed by atoms with van der Waals surface area (Å²) in [6.45, 7) is 12.0. The number of nitrogens with one attached hydrogen (secondary N) is 1. The molecule has 3 aliphatic rings. The van der Waals surface area contributed by atoms with E-state index in [0.29, 0.717) is 0 Å². The molecule has 0 radical (unpaired) electrons. The number of aliphatic imine (C=N–C) groups is 1. The molecule has 1 N–H and O–H groups in total. The number of benzene rings is 1. The summed E-state index contributed by atoms with van der Waals surface area (Å²) in [6, 6.07) is 8.76. The SMILES string of the molecule is CCNC(=NCCCOC1CCCc2ccccc21)N1CCC(CN2CCOCC2)C1.I. The fourth-order valence-corrected chi connectivity index (χ4v) is 5.11. The number of guanidine groups is 1. The quantitative estimate of drug-likeness (QED) is 0.229. The smallest absolute Gasteiger partial charge is 0.193 e. The molecule has 6 nitrogen and oxygen atoms in total. The van der Waals surface area contributed by atoms with Gasteiger partial charge in [-0.25, -0.2) is 0 Å². The first-order valence-electron chi connectivity index (χ1n) is 12.4. The third-order valence-corrected chi connectivity index (χ3v) is 6.74. The highest BCUT2D eigenvalue weighted by atomic mass is 127. The van der Waals surface area contributed by atoms with Gasteiger partial charge in [0.15, 0.2) is 5.96 Å². The van der Waals surface area contributed by atoms with E-state index >= 15 is 0 Å². The molecule has 0 spiro atoms. The number of likely N-dealkylation sites (tertiary alicyclic amines) is 1. The second-order valence-electron chi connectivity index (χ2n) is 9.05. The van der Waals surface area contributed by atoms with Crippen LogP contribution in [0.4, 0.5) is 0 Å². The van der Waals surface area contributed by atoms with Crippen molar-refractivity contribution in [2.75, 3.05) is 65.6 Å². The highest BCUT2D eigenvalue weighted by Gasteiger charge is 2.27. The minimum absolute atomic E-state index is 0. The van der Waals surface area contributed by atoms with E-state index < -0.39 is 0 Å². The Kier molecular flexibility index (Phi) is 11.0.